The number of hydrogen-bond acceptors (Lipinski definition) is 2. The molecule has 2 atom stereocenters. The van der Waals surface area contributed by atoms with Crippen LogP contribution in [0.2, 0.25) is 37.4 Å². The fourth-order valence-electron chi connectivity index (χ4n) is 2.22. The van der Waals surface area contributed by atoms with E-state index in [2.05, 4.69) is 26.6 Å². The van der Waals surface area contributed by atoms with Crippen LogP contribution in [0, 0.1) is 0 Å². The van der Waals surface area contributed by atoms with Gasteiger partial charge in [-0.2, -0.15) is 0 Å². The van der Waals surface area contributed by atoms with Gasteiger partial charge in [0.25, 0.3) is 0 Å². The van der Waals surface area contributed by atoms with Crippen LogP contribution < -0.4 is 0 Å². The molecule has 2 nitrogen and oxygen atoms in total. The smallest absolute Gasteiger partial charge is 0.104 e. The van der Waals surface area contributed by atoms with Crippen molar-refractivity contribution in [1.82, 2.24) is 0 Å². The predicted molar refractivity (Wildman–Crippen MR) is 75.8 cm³/mol. The maximum absolute atomic E-state index is 5.59. The molecule has 0 aromatic rings. The van der Waals surface area contributed by atoms with Gasteiger partial charge in [0, 0.05) is 23.5 Å². The molecule has 2 unspecified atom stereocenters. The molecule has 1 aliphatic rings. The summed E-state index contributed by atoms with van der Waals surface area (Å²) in [5, 5.41) is 0. The zero-order chi connectivity index (χ0) is 12.0. The summed E-state index contributed by atoms with van der Waals surface area (Å²) in [6.07, 6.45) is 1.69. The topological polar surface area (TPSA) is 21.8 Å². The first-order chi connectivity index (χ1) is 7.53. The number of rotatable bonds is 9. The normalized spacial score (nSPS) is 22.1. The predicted octanol–water partition coefficient (Wildman–Crippen LogP) is 2.92. The van der Waals surface area contributed by atoms with E-state index in [9.17, 15) is 0 Å². The molecule has 0 bridgehead atoms. The molecular formula is C12H28O2Si2. The minimum atomic E-state index is -0.898. The van der Waals surface area contributed by atoms with Crippen molar-refractivity contribution in [1.29, 1.82) is 0 Å². The van der Waals surface area contributed by atoms with Gasteiger partial charge in [-0.05, 0) is 6.42 Å². The van der Waals surface area contributed by atoms with E-state index >= 15 is 0 Å². The molecule has 0 aromatic carbocycles. The summed E-state index contributed by atoms with van der Waals surface area (Å²) in [6, 6.07) is 2.90. The molecule has 1 rings (SSSR count). The Labute approximate surface area is 103 Å². The molecular weight excluding hydrogens is 232 g/mol. The van der Waals surface area contributed by atoms with Crippen molar-refractivity contribution in [2.75, 3.05) is 19.8 Å². The Morgan fingerprint density at radius 2 is 2.12 bits per heavy atom. The zero-order valence-electron chi connectivity index (χ0n) is 11.4. The van der Waals surface area contributed by atoms with E-state index < -0.39 is 8.07 Å². The summed E-state index contributed by atoms with van der Waals surface area (Å²) in [5.74, 6) is 0. The molecule has 1 fully saturated rings. The van der Waals surface area contributed by atoms with Crippen molar-refractivity contribution in [2.24, 2.45) is 0 Å². The second kappa shape index (κ2) is 6.94. The molecule has 0 aromatic heterocycles. The first-order valence-corrected chi connectivity index (χ1v) is 12.9. The molecule has 0 aliphatic carbocycles. The molecule has 1 heterocycles. The van der Waals surface area contributed by atoms with E-state index in [0.717, 1.165) is 19.8 Å². The van der Waals surface area contributed by atoms with Gasteiger partial charge in [0.1, 0.15) is 6.10 Å². The molecule has 0 spiro atoms. The fraction of sp³-hybridized carbons (Fsp3) is 1.00. The lowest BCUT2D eigenvalue weighted by Crippen LogP contribution is -2.31. The van der Waals surface area contributed by atoms with E-state index in [1.165, 1.54) is 18.5 Å². The fourth-order valence-corrected chi connectivity index (χ4v) is 12.8. The summed E-state index contributed by atoms with van der Waals surface area (Å²) in [5.41, 5.74) is 1.61. The lowest BCUT2D eigenvalue weighted by molar-refractivity contribution is 0.117. The van der Waals surface area contributed by atoms with E-state index in [-0.39, 0.29) is 8.80 Å². The van der Waals surface area contributed by atoms with Crippen molar-refractivity contribution in [3.05, 3.63) is 0 Å². The van der Waals surface area contributed by atoms with Crippen LogP contribution in [0.25, 0.3) is 0 Å². The summed E-state index contributed by atoms with van der Waals surface area (Å²) in [7, 11) is -1.27. The molecule has 0 N–H and O–H groups in total. The van der Waals surface area contributed by atoms with Crippen LogP contribution in [0.1, 0.15) is 13.3 Å². The standard InChI is InChI=1S/C12H28O2Si2/c1-5-15(2)11-16(3,4)8-6-7-13-9-12-10-14-12/h12,15H,5-11H2,1-4H3. The highest BCUT2D eigenvalue weighted by Gasteiger charge is 2.24. The van der Waals surface area contributed by atoms with Gasteiger partial charge in [0.2, 0.25) is 0 Å². The third-order valence-corrected chi connectivity index (χ3v) is 13.8. The molecule has 1 aliphatic heterocycles. The maximum Gasteiger partial charge on any atom is 0.104 e. The Morgan fingerprint density at radius 3 is 2.69 bits per heavy atom. The van der Waals surface area contributed by atoms with Gasteiger partial charge in [-0.3, -0.25) is 0 Å². The highest BCUT2D eigenvalue weighted by atomic mass is 28.4. The molecule has 16 heavy (non-hydrogen) atoms. The van der Waals surface area contributed by atoms with Crippen LogP contribution in [0.3, 0.4) is 0 Å². The van der Waals surface area contributed by atoms with E-state index in [1.807, 2.05) is 0 Å². The number of epoxide rings is 1. The van der Waals surface area contributed by atoms with E-state index in [4.69, 9.17) is 9.47 Å². The summed E-state index contributed by atoms with van der Waals surface area (Å²) >= 11 is 0. The molecule has 0 saturated carbocycles. The van der Waals surface area contributed by atoms with E-state index in [1.54, 1.807) is 5.67 Å². The van der Waals surface area contributed by atoms with E-state index in [0.29, 0.717) is 6.10 Å². The van der Waals surface area contributed by atoms with Gasteiger partial charge < -0.3 is 9.47 Å². The Balaban J connectivity index is 1.99. The van der Waals surface area contributed by atoms with Crippen LogP contribution in [0.15, 0.2) is 0 Å². The van der Waals surface area contributed by atoms with Crippen LogP contribution in [-0.4, -0.2) is 42.8 Å². The van der Waals surface area contributed by atoms with Crippen molar-refractivity contribution < 1.29 is 9.47 Å². The lowest BCUT2D eigenvalue weighted by atomic mass is 10.5. The number of ether oxygens (including phenoxy) is 2. The summed E-state index contributed by atoms with van der Waals surface area (Å²) in [6.45, 7) is 12.7. The quantitative estimate of drug-likeness (QED) is 0.361. The molecule has 4 heteroatoms. The van der Waals surface area contributed by atoms with Crippen molar-refractivity contribution >= 4 is 16.9 Å². The monoisotopic (exact) mass is 260 g/mol. The highest BCUT2D eigenvalue weighted by Crippen LogP contribution is 2.20. The van der Waals surface area contributed by atoms with Crippen molar-refractivity contribution in [3.8, 4) is 0 Å². The Morgan fingerprint density at radius 1 is 1.44 bits per heavy atom. The first kappa shape index (κ1) is 14.4. The third-order valence-electron chi connectivity index (χ3n) is 3.45. The van der Waals surface area contributed by atoms with Crippen molar-refractivity contribution in [3.63, 3.8) is 0 Å². The van der Waals surface area contributed by atoms with Crippen LogP contribution >= 0.6 is 0 Å². The van der Waals surface area contributed by atoms with Gasteiger partial charge in [0.15, 0.2) is 0 Å². The summed E-state index contributed by atoms with van der Waals surface area (Å²) in [4.78, 5) is 0. The maximum atomic E-state index is 5.59. The van der Waals surface area contributed by atoms with Gasteiger partial charge in [-0.15, -0.1) is 0 Å². The Hall–Kier alpha value is 0.354. The average Bonchev–Trinajstić information content (AvgIpc) is 3.00. The second-order valence-corrected chi connectivity index (χ2v) is 15.5. The minimum Gasteiger partial charge on any atom is -0.379 e. The van der Waals surface area contributed by atoms with Crippen molar-refractivity contribution in [2.45, 2.75) is 56.8 Å². The lowest BCUT2D eigenvalue weighted by Gasteiger charge is -2.25. The largest absolute Gasteiger partial charge is 0.379 e. The number of hydrogen-bond donors (Lipinski definition) is 0. The van der Waals surface area contributed by atoms with Gasteiger partial charge in [0.05, 0.1) is 13.2 Å². The van der Waals surface area contributed by atoms with Gasteiger partial charge >= 0.3 is 0 Å². The Bertz CT molecular complexity index is 193. The first-order valence-electron chi connectivity index (χ1n) is 6.73. The molecule has 0 radical (unpaired) electrons. The Kier molecular flexibility index (Phi) is 6.25. The minimum absolute atomic E-state index is 0.370. The molecule has 1 saturated heterocycles. The summed E-state index contributed by atoms with van der Waals surface area (Å²) < 4.78 is 10.7. The van der Waals surface area contributed by atoms with Crippen LogP contribution in [0.5, 0.6) is 0 Å². The van der Waals surface area contributed by atoms with Crippen LogP contribution in [0.4, 0.5) is 0 Å². The molecule has 96 valence electrons. The second-order valence-electron chi connectivity index (χ2n) is 6.02. The van der Waals surface area contributed by atoms with Gasteiger partial charge in [-0.1, -0.05) is 44.3 Å². The highest BCUT2D eigenvalue weighted by molar-refractivity contribution is 6.88. The third kappa shape index (κ3) is 6.83. The SMILES string of the molecule is CC[SiH](C)C[Si](C)(C)CCCOCC1CO1. The molecule has 0 amide bonds. The zero-order valence-corrected chi connectivity index (χ0v) is 13.6. The average molecular weight is 261 g/mol. The van der Waals surface area contributed by atoms with Gasteiger partial charge in [-0.25, -0.2) is 0 Å². The van der Waals surface area contributed by atoms with Crippen LogP contribution in [-0.2, 0) is 9.47 Å².